The van der Waals surface area contributed by atoms with E-state index in [-0.39, 0.29) is 11.7 Å². The predicted molar refractivity (Wildman–Crippen MR) is 95.5 cm³/mol. The van der Waals surface area contributed by atoms with Gasteiger partial charge in [-0.05, 0) is 29.5 Å². The Kier molecular flexibility index (Phi) is 5.57. The molecule has 0 bridgehead atoms. The molecule has 0 aliphatic rings. The van der Waals surface area contributed by atoms with Crippen LogP contribution in [0.2, 0.25) is 10.0 Å². The molecule has 2 atom stereocenters. The summed E-state index contributed by atoms with van der Waals surface area (Å²) in [5.41, 5.74) is -0.713. The van der Waals surface area contributed by atoms with Crippen molar-refractivity contribution in [1.82, 2.24) is 35.8 Å². The van der Waals surface area contributed by atoms with Gasteiger partial charge in [0.05, 0.1) is 5.25 Å². The van der Waals surface area contributed by atoms with Gasteiger partial charge >= 0.3 is 0 Å². The van der Waals surface area contributed by atoms with E-state index in [4.69, 9.17) is 23.2 Å². The molecule has 2 unspecified atom stereocenters. The second kappa shape index (κ2) is 7.69. The van der Waals surface area contributed by atoms with Crippen LogP contribution in [0.15, 0.2) is 24.5 Å². The van der Waals surface area contributed by atoms with Crippen LogP contribution in [0.25, 0.3) is 0 Å². The second-order valence-electron chi connectivity index (χ2n) is 5.49. The van der Waals surface area contributed by atoms with Gasteiger partial charge in [0.2, 0.25) is 0 Å². The molecular weight excluding hydrogens is 385 g/mol. The Balaban J connectivity index is 1.85. The number of halogens is 2. The fourth-order valence-electron chi connectivity index (χ4n) is 2.35. The number of thioether (sulfide) groups is 1. The van der Waals surface area contributed by atoms with Crippen molar-refractivity contribution in [1.29, 1.82) is 0 Å². The fourth-order valence-corrected chi connectivity index (χ4v) is 3.98. The number of aliphatic hydroxyl groups is 1. The zero-order valence-corrected chi connectivity index (χ0v) is 15.5. The smallest absolute Gasteiger partial charge is 0.161 e. The van der Waals surface area contributed by atoms with E-state index in [1.54, 1.807) is 18.2 Å². The number of hydrogen-bond acceptors (Lipinski definition) is 7. The molecule has 0 aliphatic heterocycles. The minimum Gasteiger partial charge on any atom is -0.384 e. The first-order valence-corrected chi connectivity index (χ1v) is 9.16. The summed E-state index contributed by atoms with van der Waals surface area (Å²) in [5.74, 6) is 1.46. The number of tetrazole rings is 1. The lowest BCUT2D eigenvalue weighted by atomic mass is 9.92. The number of nitrogens with one attached hydrogen (secondary N) is 2. The molecule has 0 radical (unpaired) electrons. The molecule has 3 N–H and O–H groups in total. The normalized spacial score (nSPS) is 15.0. The number of aromatic amines is 2. The Bertz CT molecular complexity index is 815. The van der Waals surface area contributed by atoms with Gasteiger partial charge in [-0.3, -0.25) is 5.10 Å². The summed E-state index contributed by atoms with van der Waals surface area (Å²) in [4.78, 5) is 4.11. The predicted octanol–water partition coefficient (Wildman–Crippen LogP) is 2.55. The van der Waals surface area contributed by atoms with Crippen molar-refractivity contribution in [2.45, 2.75) is 24.2 Å². The summed E-state index contributed by atoms with van der Waals surface area (Å²) in [7, 11) is 0. The summed E-state index contributed by atoms with van der Waals surface area (Å²) >= 11 is 13.8. The molecule has 0 aliphatic carbocycles. The van der Waals surface area contributed by atoms with Crippen LogP contribution in [0.3, 0.4) is 0 Å². The molecule has 0 spiro atoms. The first-order valence-electron chi connectivity index (χ1n) is 7.36. The zero-order valence-electron chi connectivity index (χ0n) is 13.1. The fraction of sp³-hybridized carbons (Fsp3) is 0.357. The standard InChI is InChI=1S/C14H15Cl2N7OS/c1-8(13-20-22-23-21-13)25-6-14(24,5-12-17-7-18-19-12)10-3-2-9(15)4-11(10)16/h2-4,7-8,24H,5-6H2,1H3,(H,17,18,19)(H,20,21,22,23). The van der Waals surface area contributed by atoms with E-state index in [1.807, 2.05) is 6.92 Å². The third-order valence-corrected chi connectivity index (χ3v) is 5.58. The van der Waals surface area contributed by atoms with Crippen molar-refractivity contribution in [3.8, 4) is 0 Å². The topological polar surface area (TPSA) is 116 Å². The van der Waals surface area contributed by atoms with Gasteiger partial charge in [-0.2, -0.15) is 5.10 Å². The van der Waals surface area contributed by atoms with Crippen LogP contribution in [0.5, 0.6) is 0 Å². The van der Waals surface area contributed by atoms with Gasteiger partial charge < -0.3 is 5.11 Å². The highest BCUT2D eigenvalue weighted by Crippen LogP contribution is 2.38. The van der Waals surface area contributed by atoms with Crippen molar-refractivity contribution in [2.24, 2.45) is 0 Å². The van der Waals surface area contributed by atoms with Crippen molar-refractivity contribution in [3.63, 3.8) is 0 Å². The van der Waals surface area contributed by atoms with Crippen LogP contribution in [0, 0.1) is 0 Å². The van der Waals surface area contributed by atoms with Crippen LogP contribution in [0.4, 0.5) is 0 Å². The highest BCUT2D eigenvalue weighted by Gasteiger charge is 2.34. The van der Waals surface area contributed by atoms with Crippen LogP contribution in [-0.4, -0.2) is 46.7 Å². The van der Waals surface area contributed by atoms with E-state index in [0.29, 0.717) is 33.0 Å². The van der Waals surface area contributed by atoms with E-state index < -0.39 is 5.60 Å². The molecule has 0 fully saturated rings. The molecule has 0 saturated heterocycles. The van der Waals surface area contributed by atoms with E-state index in [9.17, 15) is 5.11 Å². The second-order valence-corrected chi connectivity index (χ2v) is 7.66. The van der Waals surface area contributed by atoms with Crippen molar-refractivity contribution >= 4 is 35.0 Å². The van der Waals surface area contributed by atoms with Gasteiger partial charge in [-0.1, -0.05) is 29.3 Å². The summed E-state index contributed by atoms with van der Waals surface area (Å²) in [6.45, 7) is 1.95. The van der Waals surface area contributed by atoms with Crippen molar-refractivity contribution < 1.29 is 5.11 Å². The molecule has 2 heterocycles. The van der Waals surface area contributed by atoms with E-state index in [0.717, 1.165) is 0 Å². The maximum Gasteiger partial charge on any atom is 0.161 e. The molecule has 8 nitrogen and oxygen atoms in total. The average Bonchev–Trinajstić information content (AvgIpc) is 3.26. The molecule has 0 amide bonds. The van der Waals surface area contributed by atoms with Gasteiger partial charge in [0, 0.05) is 27.8 Å². The van der Waals surface area contributed by atoms with Crippen LogP contribution < -0.4 is 0 Å². The molecule has 2 aromatic heterocycles. The Morgan fingerprint density at radius 3 is 2.84 bits per heavy atom. The third-order valence-electron chi connectivity index (χ3n) is 3.67. The van der Waals surface area contributed by atoms with Crippen LogP contribution in [0.1, 0.15) is 29.4 Å². The summed E-state index contributed by atoms with van der Waals surface area (Å²) in [6.07, 6.45) is 1.67. The number of nitrogens with zero attached hydrogens (tertiary/aromatic N) is 5. The largest absolute Gasteiger partial charge is 0.384 e. The van der Waals surface area contributed by atoms with Crippen molar-refractivity contribution in [3.05, 3.63) is 51.8 Å². The van der Waals surface area contributed by atoms with E-state index in [1.165, 1.54) is 18.1 Å². The molecule has 3 rings (SSSR count). The maximum absolute atomic E-state index is 11.4. The molecule has 11 heteroatoms. The highest BCUT2D eigenvalue weighted by molar-refractivity contribution is 7.99. The maximum atomic E-state index is 11.4. The van der Waals surface area contributed by atoms with E-state index >= 15 is 0 Å². The van der Waals surface area contributed by atoms with Crippen LogP contribution in [-0.2, 0) is 12.0 Å². The average molecular weight is 400 g/mol. The lowest BCUT2D eigenvalue weighted by Gasteiger charge is -2.29. The lowest BCUT2D eigenvalue weighted by Crippen LogP contribution is -2.33. The Hall–Kier alpha value is -1.68. The Morgan fingerprint density at radius 1 is 1.36 bits per heavy atom. The third kappa shape index (κ3) is 4.30. The van der Waals surface area contributed by atoms with Gasteiger partial charge in [0.15, 0.2) is 11.6 Å². The van der Waals surface area contributed by atoms with Gasteiger partial charge in [0.1, 0.15) is 11.9 Å². The number of H-pyrrole nitrogens is 2. The number of hydrogen-bond donors (Lipinski definition) is 3. The zero-order chi connectivity index (χ0) is 17.9. The van der Waals surface area contributed by atoms with Gasteiger partial charge in [0.25, 0.3) is 0 Å². The number of aromatic nitrogens is 7. The Morgan fingerprint density at radius 2 is 2.20 bits per heavy atom. The molecular formula is C14H15Cl2N7OS. The SMILES string of the molecule is CC(SCC(O)(Cc1nc[nH]n1)c1ccc(Cl)cc1Cl)c1nnn[nH]1. The summed E-state index contributed by atoms with van der Waals surface area (Å²) < 4.78 is 0. The van der Waals surface area contributed by atoms with E-state index in [2.05, 4.69) is 35.8 Å². The van der Waals surface area contributed by atoms with Gasteiger partial charge in [-0.25, -0.2) is 10.1 Å². The first kappa shape index (κ1) is 18.1. The minimum atomic E-state index is -1.28. The molecule has 1 aromatic carbocycles. The lowest BCUT2D eigenvalue weighted by molar-refractivity contribution is 0.0608. The summed E-state index contributed by atoms with van der Waals surface area (Å²) in [6, 6.07) is 5.02. The minimum absolute atomic E-state index is 0.0419. The molecule has 3 aromatic rings. The highest BCUT2D eigenvalue weighted by atomic mass is 35.5. The monoisotopic (exact) mass is 399 g/mol. The molecule has 25 heavy (non-hydrogen) atoms. The Labute approximate surface area is 157 Å². The quantitative estimate of drug-likeness (QED) is 0.558. The number of benzene rings is 1. The van der Waals surface area contributed by atoms with Crippen LogP contribution >= 0.6 is 35.0 Å². The van der Waals surface area contributed by atoms with Gasteiger partial charge in [-0.15, -0.1) is 16.9 Å². The van der Waals surface area contributed by atoms with Crippen molar-refractivity contribution in [2.75, 3.05) is 5.75 Å². The molecule has 132 valence electrons. The molecule has 0 saturated carbocycles. The first-order chi connectivity index (χ1) is 12.0. The summed E-state index contributed by atoms with van der Waals surface area (Å²) in [5, 5.41) is 32.7. The number of rotatable bonds is 7.